The minimum atomic E-state index is -0.989. The summed E-state index contributed by atoms with van der Waals surface area (Å²) in [5.74, 6) is 2.02. The van der Waals surface area contributed by atoms with Crippen LogP contribution in [0.5, 0.6) is 0 Å². The average molecular weight is 399 g/mol. The van der Waals surface area contributed by atoms with Crippen LogP contribution in [0.1, 0.15) is 24.0 Å². The third-order valence-electron chi connectivity index (χ3n) is 3.26. The van der Waals surface area contributed by atoms with E-state index in [1.165, 1.54) is 5.56 Å². The summed E-state index contributed by atoms with van der Waals surface area (Å²) in [6.07, 6.45) is 1.59. The number of carbonyl (C=O) groups is 2. The molecule has 26 heavy (non-hydrogen) atoms. The van der Waals surface area contributed by atoms with Crippen LogP contribution >= 0.6 is 23.5 Å². The predicted octanol–water partition coefficient (Wildman–Crippen LogP) is 3.72. The maximum atomic E-state index is 11.2. The van der Waals surface area contributed by atoms with Gasteiger partial charge >= 0.3 is 11.9 Å². The molecule has 0 aliphatic carbocycles. The molecule has 1 aromatic rings. The summed E-state index contributed by atoms with van der Waals surface area (Å²) in [5, 5.41) is 8.46. The molecule has 0 saturated heterocycles. The second-order valence-corrected chi connectivity index (χ2v) is 7.67. The van der Waals surface area contributed by atoms with E-state index in [-0.39, 0.29) is 12.8 Å². The number of benzene rings is 1. The van der Waals surface area contributed by atoms with Crippen LogP contribution in [0.2, 0.25) is 0 Å². The Hall–Kier alpha value is -1.44. The number of rotatable bonds is 15. The first kappa shape index (κ1) is 22.6. The molecule has 0 aliphatic rings. The lowest BCUT2D eigenvalue weighted by Crippen LogP contribution is -2.10. The van der Waals surface area contributed by atoms with Gasteiger partial charge in [0.2, 0.25) is 0 Å². The van der Waals surface area contributed by atoms with Crippen LogP contribution in [-0.4, -0.2) is 54.1 Å². The Labute approximate surface area is 163 Å². The first-order valence-corrected chi connectivity index (χ1v) is 10.7. The van der Waals surface area contributed by atoms with Crippen LogP contribution in [0, 0.1) is 0 Å². The molecule has 0 saturated carbocycles. The summed E-state index contributed by atoms with van der Waals surface area (Å²) in [4.78, 5) is 21.5. The Kier molecular flexibility index (Phi) is 12.8. The minimum absolute atomic E-state index is 0.0703. The van der Waals surface area contributed by atoms with Gasteiger partial charge in [-0.15, -0.1) is 0 Å². The number of esters is 1. The molecule has 7 heteroatoms. The maximum Gasteiger partial charge on any atom is 0.306 e. The van der Waals surface area contributed by atoms with Crippen LogP contribution in [0.25, 0.3) is 6.08 Å². The van der Waals surface area contributed by atoms with Crippen molar-refractivity contribution in [2.75, 3.05) is 37.1 Å². The lowest BCUT2D eigenvalue weighted by Gasteiger charge is -2.06. The van der Waals surface area contributed by atoms with Crippen molar-refractivity contribution in [3.05, 3.63) is 42.0 Å². The fraction of sp³-hybridized carbons (Fsp3) is 0.474. The van der Waals surface area contributed by atoms with Crippen molar-refractivity contribution in [3.63, 3.8) is 0 Å². The third-order valence-corrected chi connectivity index (χ3v) is 5.17. The molecule has 0 heterocycles. The van der Waals surface area contributed by atoms with E-state index in [0.717, 1.165) is 29.4 Å². The second kappa shape index (κ2) is 14.7. The SMILES string of the molecule is C=Cc1ccc(CSCCOCCSCCOC(=O)CCC(=O)O)cc1. The van der Waals surface area contributed by atoms with E-state index in [9.17, 15) is 9.59 Å². The predicted molar refractivity (Wildman–Crippen MR) is 109 cm³/mol. The standard InChI is InChI=1S/C19H26O5S2/c1-2-16-3-5-17(6-4-16)15-26-13-10-23-9-12-25-14-11-24-19(22)8-7-18(20)21/h2-6H,1,7-15H2,(H,20,21). The smallest absolute Gasteiger partial charge is 0.306 e. The van der Waals surface area contributed by atoms with Gasteiger partial charge in [0, 0.05) is 23.0 Å². The Balaban J connectivity index is 1.86. The van der Waals surface area contributed by atoms with Crippen LogP contribution in [0.3, 0.4) is 0 Å². The highest BCUT2D eigenvalue weighted by molar-refractivity contribution is 7.99. The molecule has 0 atom stereocenters. The molecule has 0 amide bonds. The first-order valence-electron chi connectivity index (χ1n) is 8.44. The molecular weight excluding hydrogens is 372 g/mol. The van der Waals surface area contributed by atoms with E-state index in [0.29, 0.717) is 19.0 Å². The highest BCUT2D eigenvalue weighted by atomic mass is 32.2. The first-order chi connectivity index (χ1) is 12.6. The lowest BCUT2D eigenvalue weighted by molar-refractivity contribution is -0.147. The van der Waals surface area contributed by atoms with Crippen molar-refractivity contribution >= 4 is 41.5 Å². The normalized spacial score (nSPS) is 10.5. The summed E-state index contributed by atoms with van der Waals surface area (Å²) < 4.78 is 10.5. The van der Waals surface area contributed by atoms with Crippen LogP contribution in [0.15, 0.2) is 30.8 Å². The molecule has 1 N–H and O–H groups in total. The topological polar surface area (TPSA) is 72.8 Å². The monoisotopic (exact) mass is 398 g/mol. The largest absolute Gasteiger partial charge is 0.481 e. The van der Waals surface area contributed by atoms with E-state index in [4.69, 9.17) is 14.6 Å². The number of aliphatic carboxylic acids is 1. The molecule has 0 unspecified atom stereocenters. The highest BCUT2D eigenvalue weighted by Gasteiger charge is 2.05. The zero-order valence-corrected chi connectivity index (χ0v) is 16.5. The molecule has 0 bridgehead atoms. The van der Waals surface area contributed by atoms with Gasteiger partial charge in [-0.2, -0.15) is 23.5 Å². The van der Waals surface area contributed by atoms with E-state index in [2.05, 4.69) is 30.8 Å². The van der Waals surface area contributed by atoms with E-state index in [1.807, 2.05) is 17.8 Å². The van der Waals surface area contributed by atoms with Gasteiger partial charge in [-0.3, -0.25) is 9.59 Å². The van der Waals surface area contributed by atoms with E-state index in [1.54, 1.807) is 11.8 Å². The fourth-order valence-corrected chi connectivity index (χ4v) is 3.32. The minimum Gasteiger partial charge on any atom is -0.481 e. The number of hydrogen-bond acceptors (Lipinski definition) is 6. The summed E-state index contributed by atoms with van der Waals surface area (Å²) >= 11 is 3.49. The van der Waals surface area contributed by atoms with E-state index >= 15 is 0 Å². The van der Waals surface area contributed by atoms with Gasteiger partial charge in [0.1, 0.15) is 6.61 Å². The maximum absolute atomic E-state index is 11.2. The Bertz CT molecular complexity index is 545. The molecule has 144 valence electrons. The van der Waals surface area contributed by atoms with Gasteiger partial charge in [-0.25, -0.2) is 0 Å². The third kappa shape index (κ3) is 12.0. The number of carboxylic acids is 1. The number of carbonyl (C=O) groups excluding carboxylic acids is 1. The molecular formula is C19H26O5S2. The molecule has 0 radical (unpaired) electrons. The molecule has 0 aliphatic heterocycles. The number of hydrogen-bond donors (Lipinski definition) is 1. The Morgan fingerprint density at radius 2 is 1.65 bits per heavy atom. The molecule has 1 rings (SSSR count). The van der Waals surface area contributed by atoms with Gasteiger partial charge in [-0.05, 0) is 11.1 Å². The quantitative estimate of drug-likeness (QED) is 0.356. The zero-order chi connectivity index (χ0) is 19.0. The lowest BCUT2D eigenvalue weighted by atomic mass is 10.1. The molecule has 0 spiro atoms. The zero-order valence-electron chi connectivity index (χ0n) is 14.9. The van der Waals surface area contributed by atoms with Crippen LogP contribution in [0.4, 0.5) is 0 Å². The van der Waals surface area contributed by atoms with Crippen LogP contribution < -0.4 is 0 Å². The van der Waals surface area contributed by atoms with Gasteiger partial charge in [0.05, 0.1) is 26.1 Å². The molecule has 1 aromatic carbocycles. The fourth-order valence-electron chi connectivity index (χ4n) is 1.88. The second-order valence-electron chi connectivity index (χ2n) is 5.34. The Morgan fingerprint density at radius 3 is 2.31 bits per heavy atom. The van der Waals surface area contributed by atoms with E-state index < -0.39 is 11.9 Å². The summed E-state index contributed by atoms with van der Waals surface area (Å²) in [6.45, 7) is 5.45. The number of carboxylic acid groups (broad SMARTS) is 1. The van der Waals surface area contributed by atoms with Crippen molar-refractivity contribution in [3.8, 4) is 0 Å². The summed E-state index contributed by atoms with van der Waals surface area (Å²) in [5.41, 5.74) is 2.43. The van der Waals surface area contributed by atoms with Crippen molar-refractivity contribution in [2.24, 2.45) is 0 Å². The number of ether oxygens (including phenoxy) is 2. The summed E-state index contributed by atoms with van der Waals surface area (Å²) in [6, 6.07) is 8.38. The summed E-state index contributed by atoms with van der Waals surface area (Å²) in [7, 11) is 0. The van der Waals surface area contributed by atoms with Crippen molar-refractivity contribution < 1.29 is 24.2 Å². The molecule has 0 aromatic heterocycles. The average Bonchev–Trinajstić information content (AvgIpc) is 2.64. The van der Waals surface area contributed by atoms with Crippen molar-refractivity contribution in [2.45, 2.75) is 18.6 Å². The molecule has 0 fully saturated rings. The van der Waals surface area contributed by atoms with Crippen molar-refractivity contribution in [1.29, 1.82) is 0 Å². The molecule has 5 nitrogen and oxygen atoms in total. The van der Waals surface area contributed by atoms with Gasteiger partial charge in [0.25, 0.3) is 0 Å². The van der Waals surface area contributed by atoms with Gasteiger partial charge in [0.15, 0.2) is 0 Å². The van der Waals surface area contributed by atoms with Crippen molar-refractivity contribution in [1.82, 2.24) is 0 Å². The Morgan fingerprint density at radius 1 is 1.00 bits per heavy atom. The van der Waals surface area contributed by atoms with Gasteiger partial charge < -0.3 is 14.6 Å². The highest BCUT2D eigenvalue weighted by Crippen LogP contribution is 2.13. The van der Waals surface area contributed by atoms with Gasteiger partial charge in [-0.1, -0.05) is 36.9 Å². The van der Waals surface area contributed by atoms with Crippen LogP contribution in [-0.2, 0) is 24.8 Å². The number of thioether (sulfide) groups is 2.